The number of nitrogens with one attached hydrogen (secondary N) is 1. The van der Waals surface area contributed by atoms with Crippen molar-refractivity contribution < 1.29 is 23.7 Å². The van der Waals surface area contributed by atoms with Gasteiger partial charge in [-0.3, -0.25) is 0 Å². The second kappa shape index (κ2) is 9.55. The van der Waals surface area contributed by atoms with Crippen molar-refractivity contribution in [2.75, 3.05) is 38.8 Å². The molecule has 1 aromatic rings. The minimum atomic E-state index is -0.682. The fourth-order valence-electron chi connectivity index (χ4n) is 1.74. The predicted octanol–water partition coefficient (Wildman–Crippen LogP) is 2.05. The number of hydrogen-bond donors (Lipinski definition) is 2. The molecule has 0 spiro atoms. The molecule has 0 aliphatic carbocycles. The first-order valence-electron chi connectivity index (χ1n) is 7.01. The number of benzene rings is 1. The molecule has 2 unspecified atom stereocenters. The molecule has 0 fully saturated rings. The summed E-state index contributed by atoms with van der Waals surface area (Å²) in [6, 6.07) is 4.60. The summed E-state index contributed by atoms with van der Waals surface area (Å²) in [6.45, 7) is 5.02. The molecule has 0 heterocycles. The maximum atomic E-state index is 13.6. The van der Waals surface area contributed by atoms with E-state index in [1.807, 2.05) is 6.92 Å². The van der Waals surface area contributed by atoms with Crippen LogP contribution in [0.4, 0.5) is 10.1 Å². The molecule has 1 aromatic carbocycles. The van der Waals surface area contributed by atoms with Crippen LogP contribution < -0.4 is 10.1 Å². The van der Waals surface area contributed by atoms with E-state index in [1.54, 1.807) is 26.2 Å². The van der Waals surface area contributed by atoms with E-state index in [0.717, 1.165) is 0 Å². The Kier molecular flexibility index (Phi) is 8.04. The van der Waals surface area contributed by atoms with Gasteiger partial charge in [0.05, 0.1) is 32.0 Å². The first-order valence-corrected chi connectivity index (χ1v) is 7.01. The minimum absolute atomic E-state index is 0.0763. The molecule has 0 saturated heterocycles. The third-order valence-electron chi connectivity index (χ3n) is 2.75. The van der Waals surface area contributed by atoms with Gasteiger partial charge in [0.25, 0.3) is 0 Å². The van der Waals surface area contributed by atoms with Crippen LogP contribution in [0, 0.1) is 5.82 Å². The number of methoxy groups -OCH3 is 1. The lowest BCUT2D eigenvalue weighted by molar-refractivity contribution is -0.0282. The molecule has 5 nitrogen and oxygen atoms in total. The van der Waals surface area contributed by atoms with Crippen LogP contribution in [0.3, 0.4) is 0 Å². The second-order valence-corrected chi connectivity index (χ2v) is 4.71. The molecular formula is C15H24FNO4. The van der Waals surface area contributed by atoms with Gasteiger partial charge in [0.2, 0.25) is 0 Å². The molecule has 0 bridgehead atoms. The Morgan fingerprint density at radius 2 is 2.10 bits per heavy atom. The van der Waals surface area contributed by atoms with Crippen LogP contribution >= 0.6 is 0 Å². The predicted molar refractivity (Wildman–Crippen MR) is 79.4 cm³/mol. The summed E-state index contributed by atoms with van der Waals surface area (Å²) < 4.78 is 29.1. The average Bonchev–Trinajstić information content (AvgIpc) is 2.46. The summed E-state index contributed by atoms with van der Waals surface area (Å²) in [6.07, 6.45) is -0.758. The number of hydrogen-bond acceptors (Lipinski definition) is 5. The van der Waals surface area contributed by atoms with Gasteiger partial charge in [-0.15, -0.1) is 0 Å². The Hall–Kier alpha value is -1.37. The Morgan fingerprint density at radius 3 is 2.71 bits per heavy atom. The van der Waals surface area contributed by atoms with Gasteiger partial charge in [0.15, 0.2) is 11.6 Å². The van der Waals surface area contributed by atoms with E-state index < -0.39 is 11.9 Å². The highest BCUT2D eigenvalue weighted by molar-refractivity contribution is 5.47. The van der Waals surface area contributed by atoms with Crippen molar-refractivity contribution in [2.24, 2.45) is 0 Å². The fraction of sp³-hybridized carbons (Fsp3) is 0.600. The number of anilines is 1. The summed E-state index contributed by atoms with van der Waals surface area (Å²) in [5, 5.41) is 12.7. The van der Waals surface area contributed by atoms with Crippen molar-refractivity contribution in [1.82, 2.24) is 0 Å². The van der Waals surface area contributed by atoms with Gasteiger partial charge in [-0.1, -0.05) is 0 Å². The molecule has 2 atom stereocenters. The monoisotopic (exact) mass is 301 g/mol. The van der Waals surface area contributed by atoms with Crippen LogP contribution in [0.15, 0.2) is 18.2 Å². The zero-order chi connectivity index (χ0) is 15.7. The molecule has 0 aliphatic rings. The van der Waals surface area contributed by atoms with Crippen LogP contribution in [0.2, 0.25) is 0 Å². The summed E-state index contributed by atoms with van der Waals surface area (Å²) in [5.41, 5.74) is 0.583. The zero-order valence-corrected chi connectivity index (χ0v) is 12.8. The molecule has 0 aliphatic heterocycles. The quantitative estimate of drug-likeness (QED) is 0.692. The molecule has 0 amide bonds. The summed E-state index contributed by atoms with van der Waals surface area (Å²) in [4.78, 5) is 0. The smallest absolute Gasteiger partial charge is 0.167 e. The van der Waals surface area contributed by atoms with E-state index in [-0.39, 0.29) is 25.0 Å². The van der Waals surface area contributed by atoms with Crippen molar-refractivity contribution >= 4 is 5.69 Å². The van der Waals surface area contributed by atoms with Crippen molar-refractivity contribution in [1.29, 1.82) is 0 Å². The van der Waals surface area contributed by atoms with Gasteiger partial charge in [-0.25, -0.2) is 4.39 Å². The molecule has 0 radical (unpaired) electrons. The van der Waals surface area contributed by atoms with E-state index in [2.05, 4.69) is 5.32 Å². The molecule has 2 N–H and O–H groups in total. The van der Waals surface area contributed by atoms with Crippen molar-refractivity contribution in [3.8, 4) is 5.75 Å². The molecule has 0 saturated carbocycles. The highest BCUT2D eigenvalue weighted by Gasteiger charge is 2.09. The lowest BCUT2D eigenvalue weighted by Gasteiger charge is -2.17. The van der Waals surface area contributed by atoms with Crippen molar-refractivity contribution in [2.45, 2.75) is 26.1 Å². The molecule has 6 heteroatoms. The maximum Gasteiger partial charge on any atom is 0.167 e. The summed E-state index contributed by atoms with van der Waals surface area (Å²) >= 11 is 0. The minimum Gasteiger partial charge on any atom is -0.491 e. The highest BCUT2D eigenvalue weighted by atomic mass is 19.1. The first kappa shape index (κ1) is 17.7. The van der Waals surface area contributed by atoms with Gasteiger partial charge >= 0.3 is 0 Å². The third kappa shape index (κ3) is 6.75. The molecule has 120 valence electrons. The topological polar surface area (TPSA) is 60.0 Å². The van der Waals surface area contributed by atoms with E-state index in [4.69, 9.17) is 14.2 Å². The van der Waals surface area contributed by atoms with E-state index in [0.29, 0.717) is 18.9 Å². The third-order valence-corrected chi connectivity index (χ3v) is 2.75. The first-order chi connectivity index (χ1) is 10.1. The second-order valence-electron chi connectivity index (χ2n) is 4.71. The Morgan fingerprint density at radius 1 is 1.33 bits per heavy atom. The molecule has 0 aromatic heterocycles. The van der Waals surface area contributed by atoms with Crippen molar-refractivity contribution in [3.63, 3.8) is 0 Å². The van der Waals surface area contributed by atoms with Gasteiger partial charge in [-0.05, 0) is 26.0 Å². The number of aliphatic hydroxyl groups excluding tert-OH is 1. The van der Waals surface area contributed by atoms with Gasteiger partial charge in [0, 0.05) is 25.4 Å². The molecule has 21 heavy (non-hydrogen) atoms. The largest absolute Gasteiger partial charge is 0.491 e. The Labute approximate surface area is 125 Å². The summed E-state index contributed by atoms with van der Waals surface area (Å²) in [5.74, 6) is -0.207. The van der Waals surface area contributed by atoms with E-state index >= 15 is 0 Å². The molecular weight excluding hydrogens is 277 g/mol. The zero-order valence-electron chi connectivity index (χ0n) is 12.8. The lowest BCUT2D eigenvalue weighted by atomic mass is 10.2. The van der Waals surface area contributed by atoms with Crippen LogP contribution in [-0.2, 0) is 9.47 Å². The highest BCUT2D eigenvalue weighted by Crippen LogP contribution is 2.21. The van der Waals surface area contributed by atoms with Crippen molar-refractivity contribution in [3.05, 3.63) is 24.0 Å². The van der Waals surface area contributed by atoms with Crippen LogP contribution in [0.1, 0.15) is 13.8 Å². The van der Waals surface area contributed by atoms with Crippen LogP contribution in [-0.4, -0.2) is 50.8 Å². The number of aliphatic hydroxyl groups is 1. The standard InChI is InChI=1S/C15H24FNO4/c1-4-20-15-6-5-12(7-14(15)16)17-8-13(18)10-21-11(2)9-19-3/h5-7,11,13,17-18H,4,8-10H2,1-3H3. The van der Waals surface area contributed by atoms with Gasteiger partial charge in [-0.2, -0.15) is 0 Å². The summed E-state index contributed by atoms with van der Waals surface area (Å²) in [7, 11) is 1.60. The normalized spacial score (nSPS) is 13.8. The molecule has 1 rings (SSSR count). The Balaban J connectivity index is 2.35. The van der Waals surface area contributed by atoms with Gasteiger partial charge < -0.3 is 24.6 Å². The van der Waals surface area contributed by atoms with Gasteiger partial charge in [0.1, 0.15) is 0 Å². The van der Waals surface area contributed by atoms with E-state index in [9.17, 15) is 9.50 Å². The Bertz CT molecular complexity index is 417. The van der Waals surface area contributed by atoms with Crippen LogP contribution in [0.25, 0.3) is 0 Å². The SMILES string of the molecule is CCOc1ccc(NCC(O)COC(C)COC)cc1F. The number of ether oxygens (including phenoxy) is 3. The number of rotatable bonds is 10. The number of halogens is 1. The maximum absolute atomic E-state index is 13.6. The lowest BCUT2D eigenvalue weighted by Crippen LogP contribution is -2.28. The fourth-order valence-corrected chi connectivity index (χ4v) is 1.74. The van der Waals surface area contributed by atoms with Crippen LogP contribution in [0.5, 0.6) is 5.75 Å². The average molecular weight is 301 g/mol. The van der Waals surface area contributed by atoms with E-state index in [1.165, 1.54) is 6.07 Å².